The molecule has 0 unspecified atom stereocenters. The predicted octanol–water partition coefficient (Wildman–Crippen LogP) is 2.57. The highest BCUT2D eigenvalue weighted by Gasteiger charge is 2.17. The molecule has 0 radical (unpaired) electrons. The molecular formula is C15H16FNO2S. The van der Waals surface area contributed by atoms with Gasteiger partial charge in [0.05, 0.1) is 10.6 Å². The molecule has 2 aromatic carbocycles. The Morgan fingerprint density at radius 1 is 1.05 bits per heavy atom. The monoisotopic (exact) mass is 293 g/mol. The minimum absolute atomic E-state index is 0.108. The van der Waals surface area contributed by atoms with Crippen LogP contribution in [0.3, 0.4) is 0 Å². The summed E-state index contributed by atoms with van der Waals surface area (Å²) in [6, 6.07) is 10.7. The number of hydrogen-bond donors (Lipinski definition) is 1. The van der Waals surface area contributed by atoms with Gasteiger partial charge in [0.2, 0.25) is 0 Å². The maximum Gasteiger partial charge on any atom is 0.182 e. The van der Waals surface area contributed by atoms with Crippen LogP contribution in [0.2, 0.25) is 0 Å². The molecule has 0 aliphatic carbocycles. The molecule has 0 spiro atoms. The quantitative estimate of drug-likeness (QED) is 0.942. The average molecular weight is 293 g/mol. The second-order valence-electron chi connectivity index (χ2n) is 4.69. The van der Waals surface area contributed by atoms with Crippen molar-refractivity contribution in [1.82, 2.24) is 0 Å². The molecule has 3 nitrogen and oxygen atoms in total. The largest absolute Gasteiger partial charge is 0.326 e. The number of halogens is 1. The number of benzene rings is 2. The smallest absolute Gasteiger partial charge is 0.182 e. The molecule has 106 valence electrons. The van der Waals surface area contributed by atoms with Crippen LogP contribution in [-0.4, -0.2) is 8.42 Å². The highest BCUT2D eigenvalue weighted by atomic mass is 32.2. The molecule has 0 aliphatic rings. The first-order chi connectivity index (χ1) is 9.42. The first-order valence-electron chi connectivity index (χ1n) is 6.19. The number of nitrogens with two attached hydrogens (primary N) is 1. The fraction of sp³-hybridized carbons (Fsp3) is 0.200. The van der Waals surface area contributed by atoms with Crippen molar-refractivity contribution < 1.29 is 12.8 Å². The molecule has 0 saturated heterocycles. The topological polar surface area (TPSA) is 60.2 Å². The third kappa shape index (κ3) is 3.23. The molecule has 2 rings (SSSR count). The van der Waals surface area contributed by atoms with E-state index in [0.717, 1.165) is 5.56 Å². The Morgan fingerprint density at radius 3 is 2.30 bits per heavy atom. The molecule has 0 fully saturated rings. The van der Waals surface area contributed by atoms with Gasteiger partial charge in [-0.15, -0.1) is 0 Å². The predicted molar refractivity (Wildman–Crippen MR) is 76.4 cm³/mol. The van der Waals surface area contributed by atoms with Crippen LogP contribution in [0.1, 0.15) is 16.7 Å². The summed E-state index contributed by atoms with van der Waals surface area (Å²) in [7, 11) is -3.45. The van der Waals surface area contributed by atoms with Gasteiger partial charge in [-0.3, -0.25) is 0 Å². The van der Waals surface area contributed by atoms with Crippen molar-refractivity contribution in [3.05, 3.63) is 65.0 Å². The molecular weight excluding hydrogens is 277 g/mol. The van der Waals surface area contributed by atoms with Crippen LogP contribution in [0, 0.1) is 12.7 Å². The lowest BCUT2D eigenvalue weighted by Crippen LogP contribution is -2.09. The molecule has 20 heavy (non-hydrogen) atoms. The minimum atomic E-state index is -3.45. The van der Waals surface area contributed by atoms with E-state index < -0.39 is 15.7 Å². The van der Waals surface area contributed by atoms with Gasteiger partial charge in [0, 0.05) is 6.54 Å². The zero-order valence-electron chi connectivity index (χ0n) is 11.1. The van der Waals surface area contributed by atoms with Crippen LogP contribution in [-0.2, 0) is 22.1 Å². The lowest BCUT2D eigenvalue weighted by atomic mass is 10.1. The van der Waals surface area contributed by atoms with Crippen LogP contribution in [0.4, 0.5) is 4.39 Å². The van der Waals surface area contributed by atoms with Crippen molar-refractivity contribution in [2.75, 3.05) is 0 Å². The third-order valence-corrected chi connectivity index (χ3v) is 4.80. The maximum atomic E-state index is 13.1. The third-order valence-electron chi connectivity index (χ3n) is 3.11. The van der Waals surface area contributed by atoms with E-state index in [9.17, 15) is 12.8 Å². The van der Waals surface area contributed by atoms with Crippen molar-refractivity contribution in [2.24, 2.45) is 5.73 Å². The zero-order chi connectivity index (χ0) is 14.8. The number of hydrogen-bond acceptors (Lipinski definition) is 3. The maximum absolute atomic E-state index is 13.1. The molecule has 0 bridgehead atoms. The van der Waals surface area contributed by atoms with Crippen LogP contribution in [0.5, 0.6) is 0 Å². The first-order valence-corrected chi connectivity index (χ1v) is 7.84. The van der Waals surface area contributed by atoms with Gasteiger partial charge in [0.25, 0.3) is 0 Å². The van der Waals surface area contributed by atoms with E-state index in [1.807, 2.05) is 6.92 Å². The van der Waals surface area contributed by atoms with Gasteiger partial charge in [0.15, 0.2) is 9.84 Å². The highest BCUT2D eigenvalue weighted by molar-refractivity contribution is 7.90. The van der Waals surface area contributed by atoms with E-state index in [-0.39, 0.29) is 17.2 Å². The standard InChI is InChI=1S/C15H16FNO2S/c1-11-2-6-15(7-3-11)20(18,19)10-12-4-5-14(16)8-13(12)9-17/h2-8H,9-10,17H2,1H3. The summed E-state index contributed by atoms with van der Waals surface area (Å²) < 4.78 is 37.8. The molecule has 2 aromatic rings. The summed E-state index contributed by atoms with van der Waals surface area (Å²) in [5.74, 6) is -0.593. The molecule has 5 heteroatoms. The minimum Gasteiger partial charge on any atom is -0.326 e. The van der Waals surface area contributed by atoms with Crippen molar-refractivity contribution >= 4 is 9.84 Å². The summed E-state index contributed by atoms with van der Waals surface area (Å²) >= 11 is 0. The fourth-order valence-corrected chi connectivity index (χ4v) is 3.37. The molecule has 0 amide bonds. The van der Waals surface area contributed by atoms with Crippen LogP contribution in [0.15, 0.2) is 47.4 Å². The van der Waals surface area contributed by atoms with Gasteiger partial charge < -0.3 is 5.73 Å². The van der Waals surface area contributed by atoms with Gasteiger partial charge in [0.1, 0.15) is 5.82 Å². The van der Waals surface area contributed by atoms with Crippen LogP contribution in [0.25, 0.3) is 0 Å². The lowest BCUT2D eigenvalue weighted by molar-refractivity contribution is 0.594. The van der Waals surface area contributed by atoms with Crippen molar-refractivity contribution in [3.8, 4) is 0 Å². The summed E-state index contributed by atoms with van der Waals surface area (Å²) in [6.45, 7) is 2.00. The molecule has 0 heterocycles. The molecule has 0 aliphatic heterocycles. The normalized spacial score (nSPS) is 11.6. The van der Waals surface area contributed by atoms with Crippen LogP contribution < -0.4 is 5.73 Å². The van der Waals surface area contributed by atoms with Gasteiger partial charge >= 0.3 is 0 Å². The van der Waals surface area contributed by atoms with Crippen molar-refractivity contribution in [2.45, 2.75) is 24.1 Å². The Balaban J connectivity index is 2.35. The second-order valence-corrected chi connectivity index (χ2v) is 6.68. The van der Waals surface area contributed by atoms with E-state index in [2.05, 4.69) is 0 Å². The van der Waals surface area contributed by atoms with Crippen molar-refractivity contribution in [3.63, 3.8) is 0 Å². The van der Waals surface area contributed by atoms with Crippen LogP contribution >= 0.6 is 0 Å². The van der Waals surface area contributed by atoms with Gasteiger partial charge in [-0.05, 0) is 42.3 Å². The van der Waals surface area contributed by atoms with Gasteiger partial charge in [-0.25, -0.2) is 12.8 Å². The molecule has 0 aromatic heterocycles. The van der Waals surface area contributed by atoms with E-state index in [1.165, 1.54) is 18.2 Å². The van der Waals surface area contributed by atoms with Gasteiger partial charge in [-0.1, -0.05) is 23.8 Å². The molecule has 0 atom stereocenters. The Kier molecular flexibility index (Phi) is 4.20. The lowest BCUT2D eigenvalue weighted by Gasteiger charge is -2.09. The zero-order valence-corrected chi connectivity index (χ0v) is 12.0. The SMILES string of the molecule is Cc1ccc(S(=O)(=O)Cc2ccc(F)cc2CN)cc1. The Bertz CT molecular complexity index is 709. The summed E-state index contributed by atoms with van der Waals surface area (Å²) in [5.41, 5.74) is 7.58. The average Bonchev–Trinajstić information content (AvgIpc) is 2.41. The Morgan fingerprint density at radius 2 is 1.70 bits per heavy atom. The van der Waals surface area contributed by atoms with Gasteiger partial charge in [-0.2, -0.15) is 0 Å². The van der Waals surface area contributed by atoms with E-state index in [4.69, 9.17) is 5.73 Å². The summed E-state index contributed by atoms with van der Waals surface area (Å²) in [4.78, 5) is 0.260. The number of aryl methyl sites for hydroxylation is 1. The Hall–Kier alpha value is -1.72. The summed E-state index contributed by atoms with van der Waals surface area (Å²) in [6.07, 6.45) is 0. The fourth-order valence-electron chi connectivity index (χ4n) is 1.96. The van der Waals surface area contributed by atoms with Crippen molar-refractivity contribution in [1.29, 1.82) is 0 Å². The second kappa shape index (κ2) is 5.73. The van der Waals surface area contributed by atoms with E-state index in [0.29, 0.717) is 11.1 Å². The van der Waals surface area contributed by atoms with E-state index >= 15 is 0 Å². The number of sulfone groups is 1. The highest BCUT2D eigenvalue weighted by Crippen LogP contribution is 2.20. The first kappa shape index (κ1) is 14.7. The number of rotatable bonds is 4. The van der Waals surface area contributed by atoms with E-state index in [1.54, 1.807) is 24.3 Å². The summed E-state index contributed by atoms with van der Waals surface area (Å²) in [5, 5.41) is 0. The molecule has 2 N–H and O–H groups in total. The Labute approximate surface area is 118 Å². The molecule has 0 saturated carbocycles.